The van der Waals surface area contributed by atoms with E-state index in [0.717, 1.165) is 33.6 Å². The third-order valence-electron chi connectivity index (χ3n) is 5.64. The molecule has 150 valence electrons. The van der Waals surface area contributed by atoms with E-state index in [4.69, 9.17) is 5.11 Å². The van der Waals surface area contributed by atoms with Crippen LogP contribution < -0.4 is 5.32 Å². The van der Waals surface area contributed by atoms with Crippen molar-refractivity contribution in [2.45, 2.75) is 32.1 Å². The molecular formula is C23H24N2O3S. The molecule has 1 aliphatic carbocycles. The lowest BCUT2D eigenvalue weighted by Crippen LogP contribution is -2.33. The Labute approximate surface area is 173 Å². The summed E-state index contributed by atoms with van der Waals surface area (Å²) in [5.74, 6) is -0.560. The average Bonchev–Trinajstić information content (AvgIpc) is 3.14. The molecule has 1 aliphatic rings. The minimum atomic E-state index is -0.696. The van der Waals surface area contributed by atoms with Gasteiger partial charge < -0.3 is 10.4 Å². The van der Waals surface area contributed by atoms with Crippen LogP contribution in [0.25, 0.3) is 21.3 Å². The molecule has 3 aromatic rings. The molecule has 1 amide bonds. The van der Waals surface area contributed by atoms with Crippen molar-refractivity contribution in [3.63, 3.8) is 0 Å². The van der Waals surface area contributed by atoms with Crippen LogP contribution in [0.4, 0.5) is 0 Å². The Bertz CT molecular complexity index is 1010. The third-order valence-corrected chi connectivity index (χ3v) is 6.65. The van der Waals surface area contributed by atoms with Gasteiger partial charge in [-0.3, -0.25) is 9.59 Å². The summed E-state index contributed by atoms with van der Waals surface area (Å²) < 4.78 is 1.08. The molecule has 2 N–H and O–H groups in total. The van der Waals surface area contributed by atoms with Gasteiger partial charge in [-0.1, -0.05) is 36.4 Å². The Morgan fingerprint density at radius 2 is 1.79 bits per heavy atom. The summed E-state index contributed by atoms with van der Waals surface area (Å²) in [6.45, 7) is 0.619. The van der Waals surface area contributed by atoms with E-state index in [-0.39, 0.29) is 18.2 Å². The van der Waals surface area contributed by atoms with Crippen molar-refractivity contribution in [1.82, 2.24) is 10.3 Å². The van der Waals surface area contributed by atoms with E-state index in [9.17, 15) is 9.59 Å². The molecule has 0 bridgehead atoms. The first-order valence-electron chi connectivity index (χ1n) is 10.0. The molecule has 2 aromatic carbocycles. The molecule has 6 heteroatoms. The van der Waals surface area contributed by atoms with Crippen molar-refractivity contribution in [3.8, 4) is 11.1 Å². The number of carboxylic acids is 1. The maximum absolute atomic E-state index is 12.4. The molecule has 1 saturated carbocycles. The molecule has 0 aliphatic heterocycles. The van der Waals surface area contributed by atoms with Crippen molar-refractivity contribution in [3.05, 3.63) is 53.5 Å². The van der Waals surface area contributed by atoms with Crippen molar-refractivity contribution in [1.29, 1.82) is 0 Å². The van der Waals surface area contributed by atoms with Gasteiger partial charge in [0.05, 0.1) is 22.6 Å². The lowest BCUT2D eigenvalue weighted by Gasteiger charge is -2.26. The molecule has 29 heavy (non-hydrogen) atoms. The number of carbonyl (C=O) groups excluding carboxylic acids is 1. The maximum Gasteiger partial charge on any atom is 0.306 e. The van der Waals surface area contributed by atoms with Crippen LogP contribution in [-0.4, -0.2) is 28.5 Å². The molecule has 1 aromatic heterocycles. The lowest BCUT2D eigenvalue weighted by molar-refractivity contribution is -0.143. The highest BCUT2D eigenvalue weighted by molar-refractivity contribution is 7.18. The number of benzene rings is 2. The van der Waals surface area contributed by atoms with Gasteiger partial charge in [-0.25, -0.2) is 4.98 Å². The summed E-state index contributed by atoms with van der Waals surface area (Å²) in [7, 11) is 0. The minimum absolute atomic E-state index is 0.0207. The Balaban J connectivity index is 1.33. The zero-order valence-corrected chi connectivity index (χ0v) is 17.0. The van der Waals surface area contributed by atoms with E-state index < -0.39 is 5.97 Å². The number of amides is 1. The molecule has 0 spiro atoms. The summed E-state index contributed by atoms with van der Waals surface area (Å²) in [6, 6.07) is 16.4. The van der Waals surface area contributed by atoms with Crippen LogP contribution in [0.15, 0.2) is 48.5 Å². The van der Waals surface area contributed by atoms with Crippen LogP contribution in [0.3, 0.4) is 0 Å². The number of fused-ring (bicyclic) bond motifs is 1. The molecule has 0 atom stereocenters. The SMILES string of the molecule is O=C(Cc1nc2ccc(-c3ccccc3)cc2s1)NC[C@H]1CC[C@H](C(=O)O)CC1. The van der Waals surface area contributed by atoms with Gasteiger partial charge in [0.2, 0.25) is 5.91 Å². The van der Waals surface area contributed by atoms with Crippen molar-refractivity contribution in [2.24, 2.45) is 11.8 Å². The minimum Gasteiger partial charge on any atom is -0.481 e. The lowest BCUT2D eigenvalue weighted by atomic mass is 9.82. The number of nitrogens with zero attached hydrogens (tertiary/aromatic N) is 1. The largest absolute Gasteiger partial charge is 0.481 e. The summed E-state index contributed by atoms with van der Waals surface area (Å²) in [5, 5.41) is 12.9. The molecule has 0 unspecified atom stereocenters. The second-order valence-corrected chi connectivity index (χ2v) is 8.81. The number of hydrogen-bond acceptors (Lipinski definition) is 4. The number of aliphatic carboxylic acids is 1. The number of rotatable bonds is 6. The van der Waals surface area contributed by atoms with E-state index in [0.29, 0.717) is 25.3 Å². The van der Waals surface area contributed by atoms with Gasteiger partial charge in [0, 0.05) is 6.54 Å². The molecular weight excluding hydrogens is 384 g/mol. The normalized spacial score (nSPS) is 19.2. The van der Waals surface area contributed by atoms with Crippen LogP contribution in [0.5, 0.6) is 0 Å². The average molecular weight is 409 g/mol. The Hall–Kier alpha value is -2.73. The van der Waals surface area contributed by atoms with Gasteiger partial charge in [0.15, 0.2) is 0 Å². The standard InChI is InChI=1S/C23H24N2O3S/c26-21(24-14-15-6-8-17(9-7-15)23(27)28)13-22-25-19-11-10-18(12-20(19)29-22)16-4-2-1-3-5-16/h1-5,10-12,15,17H,6-9,13-14H2,(H,24,26)(H,27,28)/t15-,17-. The molecule has 4 rings (SSSR count). The highest BCUT2D eigenvalue weighted by atomic mass is 32.1. The first kappa shape index (κ1) is 19.6. The predicted octanol–water partition coefficient (Wildman–Crippen LogP) is 4.51. The predicted molar refractivity (Wildman–Crippen MR) is 115 cm³/mol. The Kier molecular flexibility index (Phi) is 5.90. The molecule has 0 saturated heterocycles. The second kappa shape index (κ2) is 8.74. The number of thiazole rings is 1. The Morgan fingerprint density at radius 1 is 1.03 bits per heavy atom. The van der Waals surface area contributed by atoms with Gasteiger partial charge in [-0.2, -0.15) is 0 Å². The van der Waals surface area contributed by atoms with E-state index in [1.54, 1.807) is 11.3 Å². The van der Waals surface area contributed by atoms with Crippen LogP contribution in [0, 0.1) is 11.8 Å². The van der Waals surface area contributed by atoms with Gasteiger partial charge in [-0.15, -0.1) is 11.3 Å². The zero-order chi connectivity index (χ0) is 20.2. The van der Waals surface area contributed by atoms with E-state index in [2.05, 4.69) is 34.6 Å². The summed E-state index contributed by atoms with van der Waals surface area (Å²) in [4.78, 5) is 28.0. The van der Waals surface area contributed by atoms with E-state index in [1.807, 2.05) is 24.3 Å². The first-order chi connectivity index (χ1) is 14.1. The monoisotopic (exact) mass is 408 g/mol. The number of aromatic nitrogens is 1. The molecule has 1 heterocycles. The fourth-order valence-electron chi connectivity index (χ4n) is 3.93. The number of carbonyl (C=O) groups is 2. The van der Waals surface area contributed by atoms with Crippen LogP contribution >= 0.6 is 11.3 Å². The summed E-state index contributed by atoms with van der Waals surface area (Å²) in [6.07, 6.45) is 3.42. The Morgan fingerprint density at radius 3 is 2.52 bits per heavy atom. The van der Waals surface area contributed by atoms with Crippen molar-refractivity contribution < 1.29 is 14.7 Å². The fraction of sp³-hybridized carbons (Fsp3) is 0.348. The zero-order valence-electron chi connectivity index (χ0n) is 16.1. The summed E-state index contributed by atoms with van der Waals surface area (Å²) in [5.41, 5.74) is 3.24. The number of nitrogens with one attached hydrogen (secondary N) is 1. The highest BCUT2D eigenvalue weighted by Gasteiger charge is 2.26. The molecule has 0 radical (unpaired) electrons. The number of carboxylic acid groups (broad SMARTS) is 1. The van der Waals surface area contributed by atoms with E-state index >= 15 is 0 Å². The maximum atomic E-state index is 12.4. The van der Waals surface area contributed by atoms with Gasteiger partial charge >= 0.3 is 5.97 Å². The van der Waals surface area contributed by atoms with Crippen molar-refractivity contribution in [2.75, 3.05) is 6.54 Å². The van der Waals surface area contributed by atoms with E-state index in [1.165, 1.54) is 5.56 Å². The highest BCUT2D eigenvalue weighted by Crippen LogP contribution is 2.29. The fourth-order valence-corrected chi connectivity index (χ4v) is 4.93. The molecule has 5 nitrogen and oxygen atoms in total. The van der Waals surface area contributed by atoms with Gasteiger partial charge in [-0.05, 0) is 54.9 Å². The quantitative estimate of drug-likeness (QED) is 0.629. The first-order valence-corrected chi connectivity index (χ1v) is 10.8. The topological polar surface area (TPSA) is 79.3 Å². The van der Waals surface area contributed by atoms with Gasteiger partial charge in [0.1, 0.15) is 5.01 Å². The molecule has 1 fully saturated rings. The number of hydrogen-bond donors (Lipinski definition) is 2. The third kappa shape index (κ3) is 4.82. The van der Waals surface area contributed by atoms with Gasteiger partial charge in [0.25, 0.3) is 0 Å². The van der Waals surface area contributed by atoms with Crippen LogP contribution in [0.1, 0.15) is 30.7 Å². The second-order valence-electron chi connectivity index (χ2n) is 7.69. The van der Waals surface area contributed by atoms with Crippen LogP contribution in [-0.2, 0) is 16.0 Å². The van der Waals surface area contributed by atoms with Crippen molar-refractivity contribution >= 4 is 33.4 Å². The van der Waals surface area contributed by atoms with Crippen LogP contribution in [0.2, 0.25) is 0 Å². The smallest absolute Gasteiger partial charge is 0.306 e. The summed E-state index contributed by atoms with van der Waals surface area (Å²) >= 11 is 1.56.